The summed E-state index contributed by atoms with van der Waals surface area (Å²) in [7, 11) is 0. The topological polar surface area (TPSA) is 95.2 Å². The van der Waals surface area contributed by atoms with Crippen molar-refractivity contribution in [3.63, 3.8) is 0 Å². The summed E-state index contributed by atoms with van der Waals surface area (Å²) in [6.07, 6.45) is 2.37. The van der Waals surface area contributed by atoms with Crippen LogP contribution in [0.3, 0.4) is 0 Å². The number of carboxylic acid groups (broad SMARTS) is 1. The Hall–Kier alpha value is -3.46. The van der Waals surface area contributed by atoms with Crippen molar-refractivity contribution in [3.8, 4) is 11.3 Å². The molecule has 2 fully saturated rings. The summed E-state index contributed by atoms with van der Waals surface area (Å²) in [6, 6.07) is 7.49. The van der Waals surface area contributed by atoms with Gasteiger partial charge < -0.3 is 14.9 Å². The van der Waals surface area contributed by atoms with Crippen LogP contribution < -0.4 is 4.90 Å². The first-order chi connectivity index (χ1) is 16.3. The van der Waals surface area contributed by atoms with E-state index < -0.39 is 11.8 Å². The molecule has 1 unspecified atom stereocenters. The number of aromatic nitrogens is 2. The third-order valence-electron chi connectivity index (χ3n) is 6.52. The van der Waals surface area contributed by atoms with Gasteiger partial charge in [-0.25, -0.2) is 13.7 Å². The van der Waals surface area contributed by atoms with Crippen LogP contribution in [0, 0.1) is 11.7 Å². The number of aromatic carboxylic acids is 1. The van der Waals surface area contributed by atoms with E-state index in [1.165, 1.54) is 18.2 Å². The molecule has 1 saturated carbocycles. The zero-order chi connectivity index (χ0) is 24.1. The van der Waals surface area contributed by atoms with Crippen LogP contribution in [0.25, 0.3) is 16.8 Å². The number of amides is 1. The minimum Gasteiger partial charge on any atom is -0.477 e. The van der Waals surface area contributed by atoms with E-state index in [1.54, 1.807) is 12.1 Å². The molecule has 1 amide bonds. The van der Waals surface area contributed by atoms with Crippen molar-refractivity contribution in [3.05, 3.63) is 52.4 Å². The van der Waals surface area contributed by atoms with Crippen molar-refractivity contribution in [2.24, 2.45) is 5.92 Å². The van der Waals surface area contributed by atoms with Crippen molar-refractivity contribution >= 4 is 41.0 Å². The fraction of sp³-hybridized carbons (Fsp3) is 0.333. The van der Waals surface area contributed by atoms with E-state index in [-0.39, 0.29) is 45.4 Å². The number of hydrogen-bond donors (Lipinski definition) is 1. The molecule has 1 aliphatic heterocycles. The predicted molar refractivity (Wildman–Crippen MR) is 124 cm³/mol. The Morgan fingerprint density at radius 2 is 1.97 bits per heavy atom. The first kappa shape index (κ1) is 22.3. The number of nitrogens with zero attached hydrogens (tertiary/aromatic N) is 4. The second-order valence-corrected chi connectivity index (χ2v) is 9.18. The predicted octanol–water partition coefficient (Wildman–Crippen LogP) is 3.75. The van der Waals surface area contributed by atoms with E-state index in [0.717, 1.165) is 17.4 Å². The maximum Gasteiger partial charge on any atom is 0.354 e. The van der Waals surface area contributed by atoms with E-state index in [9.17, 15) is 19.5 Å². The second-order valence-electron chi connectivity index (χ2n) is 8.78. The largest absolute Gasteiger partial charge is 0.477 e. The number of carboxylic acids is 1. The Morgan fingerprint density at radius 1 is 1.21 bits per heavy atom. The molecule has 1 N–H and O–H groups in total. The molecule has 8 nitrogen and oxygen atoms in total. The molecule has 34 heavy (non-hydrogen) atoms. The number of rotatable bonds is 5. The fourth-order valence-corrected chi connectivity index (χ4v) is 4.83. The van der Waals surface area contributed by atoms with E-state index in [0.29, 0.717) is 37.1 Å². The van der Waals surface area contributed by atoms with Gasteiger partial charge in [0.2, 0.25) is 5.91 Å². The monoisotopic (exact) mass is 484 g/mol. The number of piperazine rings is 1. The number of carbonyl (C=O) groups is 3. The van der Waals surface area contributed by atoms with Crippen LogP contribution in [0.1, 0.15) is 40.6 Å². The molecule has 3 aromatic rings. The third kappa shape index (κ3) is 3.69. The van der Waals surface area contributed by atoms with Gasteiger partial charge in [-0.2, -0.15) is 5.10 Å². The molecule has 176 valence electrons. The third-order valence-corrected chi connectivity index (χ3v) is 6.82. The highest BCUT2D eigenvalue weighted by molar-refractivity contribution is 6.34. The van der Waals surface area contributed by atoms with Gasteiger partial charge in [0, 0.05) is 37.2 Å². The number of carbonyl (C=O) groups excluding carboxylic acids is 2. The van der Waals surface area contributed by atoms with E-state index in [1.807, 2.05) is 16.7 Å². The second kappa shape index (κ2) is 8.39. The molecule has 3 heterocycles. The van der Waals surface area contributed by atoms with Gasteiger partial charge in [-0.1, -0.05) is 11.6 Å². The summed E-state index contributed by atoms with van der Waals surface area (Å²) in [5.74, 6) is -1.64. The maximum absolute atomic E-state index is 15.6. The van der Waals surface area contributed by atoms with E-state index >= 15 is 4.39 Å². The number of halogens is 2. The van der Waals surface area contributed by atoms with Crippen LogP contribution >= 0.6 is 11.6 Å². The lowest BCUT2D eigenvalue weighted by Crippen LogP contribution is -2.54. The molecular formula is C24H22ClFN4O4. The zero-order valence-corrected chi connectivity index (χ0v) is 19.1. The quantitative estimate of drug-likeness (QED) is 0.554. The first-order valence-electron chi connectivity index (χ1n) is 11.0. The number of benzene rings is 1. The highest BCUT2D eigenvalue weighted by Crippen LogP contribution is 2.35. The van der Waals surface area contributed by atoms with Crippen LogP contribution in [0.2, 0.25) is 5.02 Å². The zero-order valence-electron chi connectivity index (χ0n) is 18.4. The Morgan fingerprint density at radius 3 is 2.62 bits per heavy atom. The summed E-state index contributed by atoms with van der Waals surface area (Å²) >= 11 is 6.10. The van der Waals surface area contributed by atoms with Gasteiger partial charge in [-0.15, -0.1) is 0 Å². The number of anilines is 1. The smallest absolute Gasteiger partial charge is 0.354 e. The van der Waals surface area contributed by atoms with Crippen molar-refractivity contribution in [1.29, 1.82) is 0 Å². The molecule has 1 aromatic carbocycles. The molecule has 1 aliphatic carbocycles. The Labute approximate surface area is 199 Å². The molecule has 1 atom stereocenters. The minimum absolute atomic E-state index is 0.0733. The Kier molecular flexibility index (Phi) is 5.51. The molecule has 0 bridgehead atoms. The lowest BCUT2D eigenvalue weighted by Gasteiger charge is -2.42. The van der Waals surface area contributed by atoms with Crippen LogP contribution in [0.15, 0.2) is 30.3 Å². The van der Waals surface area contributed by atoms with Gasteiger partial charge in [0.25, 0.3) is 0 Å². The number of aldehydes is 1. The van der Waals surface area contributed by atoms with E-state index in [4.69, 9.17) is 11.6 Å². The molecule has 1 saturated heterocycles. The molecule has 0 radical (unpaired) electrons. The summed E-state index contributed by atoms with van der Waals surface area (Å²) in [5.41, 5.74) is 0.826. The van der Waals surface area contributed by atoms with Gasteiger partial charge >= 0.3 is 5.97 Å². The first-order valence-corrected chi connectivity index (χ1v) is 11.4. The summed E-state index contributed by atoms with van der Waals surface area (Å²) in [6.45, 7) is 3.48. The van der Waals surface area contributed by atoms with Gasteiger partial charge in [-0.05, 0) is 50.1 Å². The normalized spacial score (nSPS) is 18.4. The summed E-state index contributed by atoms with van der Waals surface area (Å²) < 4.78 is 16.7. The van der Waals surface area contributed by atoms with Crippen molar-refractivity contribution in [2.45, 2.75) is 25.8 Å². The van der Waals surface area contributed by atoms with Gasteiger partial charge in [0.05, 0.1) is 27.5 Å². The van der Waals surface area contributed by atoms with Crippen LogP contribution in [0.5, 0.6) is 0 Å². The lowest BCUT2D eigenvalue weighted by atomic mass is 10.0. The fourth-order valence-electron chi connectivity index (χ4n) is 4.59. The van der Waals surface area contributed by atoms with Crippen LogP contribution in [0.4, 0.5) is 10.1 Å². The minimum atomic E-state index is -1.22. The molecule has 0 spiro atoms. The molecular weight excluding hydrogens is 463 g/mol. The average Bonchev–Trinajstić information content (AvgIpc) is 3.61. The van der Waals surface area contributed by atoms with Gasteiger partial charge in [0.1, 0.15) is 5.82 Å². The number of hydrogen-bond acceptors (Lipinski definition) is 5. The highest BCUT2D eigenvalue weighted by atomic mass is 35.5. The van der Waals surface area contributed by atoms with Crippen molar-refractivity contribution in [2.75, 3.05) is 24.5 Å². The van der Waals surface area contributed by atoms with Crippen LogP contribution in [-0.2, 0) is 4.79 Å². The highest BCUT2D eigenvalue weighted by Gasteiger charge is 2.37. The average molecular weight is 485 g/mol. The molecule has 2 aliphatic rings. The number of fused-ring (bicyclic) bond motifs is 1. The Bertz CT molecular complexity index is 1340. The molecule has 10 heteroatoms. The van der Waals surface area contributed by atoms with Crippen LogP contribution in [-0.4, -0.2) is 63.5 Å². The van der Waals surface area contributed by atoms with Crippen molar-refractivity contribution < 1.29 is 23.9 Å². The summed E-state index contributed by atoms with van der Waals surface area (Å²) in [5, 5.41) is 13.9. The Balaban J connectivity index is 1.49. The lowest BCUT2D eigenvalue weighted by molar-refractivity contribution is -0.133. The standard InChI is InChI=1S/C24H22ClFN4O4/c1-13-11-28(23(32)14-2-3-14)8-9-29(13)19-6-4-15(22(26)16(19)12-31)18-5-7-20-17(25)10-21(24(33)34)30(20)27-18/h4-7,10,12-14H,2-3,8-9,11H2,1H3,(H,33,34). The summed E-state index contributed by atoms with van der Waals surface area (Å²) in [4.78, 5) is 39.7. The maximum atomic E-state index is 15.6. The molecule has 2 aromatic heterocycles. The molecule has 5 rings (SSSR count). The van der Waals surface area contributed by atoms with Crippen molar-refractivity contribution in [1.82, 2.24) is 14.5 Å². The van der Waals surface area contributed by atoms with E-state index in [2.05, 4.69) is 5.10 Å². The van der Waals surface area contributed by atoms with Gasteiger partial charge in [0.15, 0.2) is 12.0 Å². The SMILES string of the molecule is CC1CN(C(=O)C2CC2)CCN1c1ccc(-c2ccc3c(Cl)cc(C(=O)O)n3n2)c(F)c1C=O. The van der Waals surface area contributed by atoms with Gasteiger partial charge in [-0.3, -0.25) is 9.59 Å².